The molecule has 0 aliphatic rings. The first-order valence-corrected chi connectivity index (χ1v) is 7.87. The molecule has 22 heavy (non-hydrogen) atoms. The van der Waals surface area contributed by atoms with Gasteiger partial charge in [-0.3, -0.25) is 0 Å². The van der Waals surface area contributed by atoms with Gasteiger partial charge in [-0.1, -0.05) is 57.2 Å². The summed E-state index contributed by atoms with van der Waals surface area (Å²) in [5.41, 5.74) is 4.19. The Kier molecular flexibility index (Phi) is 2.65. The molecule has 0 saturated carbocycles. The lowest BCUT2D eigenvalue weighted by Gasteiger charge is -2.20. The van der Waals surface area contributed by atoms with Gasteiger partial charge in [-0.2, -0.15) is 0 Å². The molecular formula is C21H21N. The van der Waals surface area contributed by atoms with Crippen molar-refractivity contribution in [2.45, 2.75) is 26.2 Å². The molecule has 1 heterocycles. The van der Waals surface area contributed by atoms with E-state index in [-0.39, 0.29) is 5.41 Å². The topological polar surface area (TPSA) is 4.93 Å². The van der Waals surface area contributed by atoms with Gasteiger partial charge >= 0.3 is 0 Å². The van der Waals surface area contributed by atoms with Crippen LogP contribution in [0.5, 0.6) is 0 Å². The zero-order valence-corrected chi connectivity index (χ0v) is 13.6. The second-order valence-corrected chi connectivity index (χ2v) is 7.23. The molecule has 0 radical (unpaired) electrons. The van der Waals surface area contributed by atoms with Crippen molar-refractivity contribution in [2.24, 2.45) is 7.05 Å². The van der Waals surface area contributed by atoms with Gasteiger partial charge in [0.15, 0.2) is 0 Å². The van der Waals surface area contributed by atoms with Crippen molar-refractivity contribution in [3.63, 3.8) is 0 Å². The van der Waals surface area contributed by atoms with Crippen LogP contribution in [0.2, 0.25) is 0 Å². The molecule has 0 N–H and O–H groups in total. The van der Waals surface area contributed by atoms with Crippen LogP contribution in [0.4, 0.5) is 0 Å². The summed E-state index contributed by atoms with van der Waals surface area (Å²) in [6, 6.07) is 20.0. The van der Waals surface area contributed by atoms with Crippen LogP contribution in [0.1, 0.15) is 26.3 Å². The quantitative estimate of drug-likeness (QED) is 0.386. The van der Waals surface area contributed by atoms with E-state index >= 15 is 0 Å². The fourth-order valence-corrected chi connectivity index (χ4v) is 3.56. The first-order valence-electron chi connectivity index (χ1n) is 7.87. The zero-order valence-electron chi connectivity index (χ0n) is 13.6. The van der Waals surface area contributed by atoms with Crippen LogP contribution in [0, 0.1) is 0 Å². The third kappa shape index (κ3) is 1.78. The molecule has 0 aliphatic carbocycles. The molecule has 1 heteroatoms. The van der Waals surface area contributed by atoms with Crippen molar-refractivity contribution in [2.75, 3.05) is 0 Å². The Hall–Kier alpha value is -2.28. The third-order valence-corrected chi connectivity index (χ3v) is 4.71. The molecule has 0 atom stereocenters. The number of hydrogen-bond donors (Lipinski definition) is 0. The fraction of sp³-hybridized carbons (Fsp3) is 0.238. The molecule has 0 amide bonds. The van der Waals surface area contributed by atoms with Crippen LogP contribution < -0.4 is 0 Å². The molecule has 110 valence electrons. The van der Waals surface area contributed by atoms with E-state index in [1.165, 1.54) is 38.1 Å². The molecule has 1 aromatic heterocycles. The molecule has 0 aliphatic heterocycles. The second kappa shape index (κ2) is 4.36. The van der Waals surface area contributed by atoms with Crippen molar-refractivity contribution >= 4 is 32.6 Å². The van der Waals surface area contributed by atoms with Crippen LogP contribution >= 0.6 is 0 Å². The lowest BCUT2D eigenvalue weighted by Crippen LogP contribution is -2.11. The molecule has 0 fully saturated rings. The lowest BCUT2D eigenvalue weighted by molar-refractivity contribution is 0.596. The Balaban J connectivity index is 2.27. The Morgan fingerprint density at radius 3 is 2.14 bits per heavy atom. The van der Waals surface area contributed by atoms with E-state index in [1.807, 2.05) is 0 Å². The first kappa shape index (κ1) is 13.4. The zero-order chi connectivity index (χ0) is 15.5. The summed E-state index contributed by atoms with van der Waals surface area (Å²) in [5, 5.41) is 5.38. The molecule has 0 bridgehead atoms. The van der Waals surface area contributed by atoms with Gasteiger partial charge in [-0.25, -0.2) is 0 Å². The predicted molar refractivity (Wildman–Crippen MR) is 96.6 cm³/mol. The van der Waals surface area contributed by atoms with Crippen molar-refractivity contribution in [1.29, 1.82) is 0 Å². The summed E-state index contributed by atoms with van der Waals surface area (Å²) in [6.45, 7) is 6.88. The summed E-state index contributed by atoms with van der Waals surface area (Å²) < 4.78 is 2.33. The highest BCUT2D eigenvalue weighted by Crippen LogP contribution is 2.38. The molecule has 1 nitrogen and oxygen atoms in total. The van der Waals surface area contributed by atoms with Gasteiger partial charge in [-0.15, -0.1) is 0 Å². The van der Waals surface area contributed by atoms with Crippen LogP contribution in [0.25, 0.3) is 32.6 Å². The summed E-state index contributed by atoms with van der Waals surface area (Å²) >= 11 is 0. The normalized spacial score (nSPS) is 12.5. The highest BCUT2D eigenvalue weighted by Gasteiger charge is 2.20. The van der Waals surface area contributed by atoms with Gasteiger partial charge in [0.1, 0.15) is 0 Å². The largest absolute Gasteiger partial charge is 0.344 e. The number of fused-ring (bicyclic) bond motifs is 4. The van der Waals surface area contributed by atoms with Crippen molar-refractivity contribution in [3.05, 3.63) is 60.2 Å². The van der Waals surface area contributed by atoms with Crippen LogP contribution in [-0.2, 0) is 12.5 Å². The van der Waals surface area contributed by atoms with E-state index in [1.54, 1.807) is 0 Å². The Morgan fingerprint density at radius 2 is 1.45 bits per heavy atom. The minimum Gasteiger partial charge on any atom is -0.344 e. The maximum absolute atomic E-state index is 2.35. The van der Waals surface area contributed by atoms with Crippen molar-refractivity contribution < 1.29 is 0 Å². The number of aryl methyl sites for hydroxylation is 1. The van der Waals surface area contributed by atoms with E-state index in [9.17, 15) is 0 Å². The number of benzene rings is 3. The average Bonchev–Trinajstić information content (AvgIpc) is 2.77. The number of nitrogens with zero attached hydrogens (tertiary/aromatic N) is 1. The van der Waals surface area contributed by atoms with Crippen molar-refractivity contribution in [1.82, 2.24) is 4.57 Å². The summed E-state index contributed by atoms with van der Waals surface area (Å²) in [4.78, 5) is 0. The molecule has 0 unspecified atom stereocenters. The van der Waals surface area contributed by atoms with Crippen LogP contribution in [0.15, 0.2) is 54.6 Å². The van der Waals surface area contributed by atoms with Gasteiger partial charge in [0.2, 0.25) is 0 Å². The molecule has 4 aromatic rings. The number of hydrogen-bond acceptors (Lipinski definition) is 0. The Bertz CT molecular complexity index is 1010. The van der Waals surface area contributed by atoms with Gasteiger partial charge in [-0.05, 0) is 39.9 Å². The van der Waals surface area contributed by atoms with Gasteiger partial charge in [0.25, 0.3) is 0 Å². The molecule has 3 aromatic carbocycles. The maximum Gasteiger partial charge on any atom is 0.0495 e. The van der Waals surface area contributed by atoms with E-state index in [2.05, 4.69) is 87.0 Å². The average molecular weight is 287 g/mol. The number of aromatic nitrogens is 1. The van der Waals surface area contributed by atoms with E-state index in [0.717, 1.165) is 0 Å². The molecule has 4 rings (SSSR count). The highest BCUT2D eigenvalue weighted by atomic mass is 14.9. The van der Waals surface area contributed by atoms with E-state index in [4.69, 9.17) is 0 Å². The second-order valence-electron chi connectivity index (χ2n) is 7.23. The predicted octanol–water partition coefficient (Wildman–Crippen LogP) is 5.78. The maximum atomic E-state index is 2.35. The van der Waals surface area contributed by atoms with Gasteiger partial charge < -0.3 is 4.57 Å². The summed E-state index contributed by atoms with van der Waals surface area (Å²) in [6.07, 6.45) is 0. The van der Waals surface area contributed by atoms with E-state index < -0.39 is 0 Å². The Morgan fingerprint density at radius 1 is 0.773 bits per heavy atom. The number of rotatable bonds is 0. The monoisotopic (exact) mass is 287 g/mol. The highest BCUT2D eigenvalue weighted by molar-refractivity contribution is 6.14. The minimum atomic E-state index is 0.138. The summed E-state index contributed by atoms with van der Waals surface area (Å²) in [5.74, 6) is 0. The molecule has 0 saturated heterocycles. The molecule has 0 spiro atoms. The van der Waals surface area contributed by atoms with Gasteiger partial charge in [0.05, 0.1) is 0 Å². The fourth-order valence-electron chi connectivity index (χ4n) is 3.56. The first-order chi connectivity index (χ1) is 10.5. The Labute approximate surface area is 131 Å². The molecular weight excluding hydrogens is 266 g/mol. The SMILES string of the molecule is Cn1c2cc3ccccc3cc2c2c(C(C)(C)C)cccc21. The smallest absolute Gasteiger partial charge is 0.0495 e. The van der Waals surface area contributed by atoms with Crippen LogP contribution in [0.3, 0.4) is 0 Å². The van der Waals surface area contributed by atoms with Gasteiger partial charge in [0, 0.05) is 28.9 Å². The van der Waals surface area contributed by atoms with Crippen molar-refractivity contribution in [3.8, 4) is 0 Å². The van der Waals surface area contributed by atoms with E-state index in [0.29, 0.717) is 0 Å². The summed E-state index contributed by atoms with van der Waals surface area (Å²) in [7, 11) is 2.17. The lowest BCUT2D eigenvalue weighted by atomic mass is 9.84. The third-order valence-electron chi connectivity index (χ3n) is 4.71. The van der Waals surface area contributed by atoms with Crippen LogP contribution in [-0.4, -0.2) is 4.57 Å². The minimum absolute atomic E-state index is 0.138. The standard InChI is InChI=1S/C21H21N/c1-21(2,3)17-10-7-11-18-20(17)16-12-14-8-5-6-9-15(14)13-19(16)22(18)4/h5-13H,1-4H3.